The van der Waals surface area contributed by atoms with Gasteiger partial charge < -0.3 is 42.8 Å². The first kappa shape index (κ1) is 72.6. The van der Waals surface area contributed by atoms with Crippen molar-refractivity contribution < 1.29 is 122 Å². The number of rotatable bonds is 36. The Bertz CT molecular complexity index is 4110. The third-order valence-electron chi connectivity index (χ3n) is 15.3. The fourth-order valence-electron chi connectivity index (χ4n) is 11.3. The standard InChI is InChI=1S/C58H72N2O26S5/c1-57(2)51(9-6-5-7-10-52-58(3,18-8-34-87(64,65)66)55-44-36-40(89(70,71)72)38-50(91(76,77)78)42(44)12-14-46(55)60(52)19-22-79-4)59(45-13-11-41-43(54(45)57)35-39(88(67,68)69)37-49(41)90(73,74)75)20-23-81-25-27-83-29-31-85-33-32-84-30-28-82-26-24-80-21-17-53(63)86-56-47(61)15-16-48(56)62/h5-7,9-14,35-38,56H,8,15-34H2,1-4H3,(H4-,64,65,66,67,68,69,70,71,72,73,74,75,76,77,78)/p+1. The summed E-state index contributed by atoms with van der Waals surface area (Å²) in [5.74, 6) is -2.17. The minimum atomic E-state index is -5.12. The van der Waals surface area contributed by atoms with Gasteiger partial charge in [-0.15, -0.1) is 0 Å². The zero-order chi connectivity index (χ0) is 66.7. The predicted octanol–water partition coefficient (Wildman–Crippen LogP) is 4.78. The van der Waals surface area contributed by atoms with Gasteiger partial charge >= 0.3 is 5.97 Å². The number of carbonyl (C=O) groups excluding carboxylic acids is 3. The first-order valence-electron chi connectivity index (χ1n) is 28.5. The topological polar surface area (TPSA) is 403 Å². The Morgan fingerprint density at radius 1 is 0.593 bits per heavy atom. The molecule has 5 N–H and O–H groups in total. The van der Waals surface area contributed by atoms with Gasteiger partial charge in [0, 0.05) is 71.8 Å². The third-order valence-corrected chi connectivity index (χ3v) is 19.6. The van der Waals surface area contributed by atoms with Crippen molar-refractivity contribution in [1.82, 2.24) is 0 Å². The highest BCUT2D eigenvalue weighted by Gasteiger charge is 2.47. The Morgan fingerprint density at radius 2 is 1.08 bits per heavy atom. The quantitative estimate of drug-likeness (QED) is 0.0102. The summed E-state index contributed by atoms with van der Waals surface area (Å²) in [7, 11) is -23.3. The van der Waals surface area contributed by atoms with E-state index in [2.05, 4.69) is 0 Å². The number of hydrogen-bond acceptors (Lipinski definition) is 22. The third kappa shape index (κ3) is 18.3. The van der Waals surface area contributed by atoms with E-state index in [0.29, 0.717) is 59.3 Å². The van der Waals surface area contributed by atoms with Crippen molar-refractivity contribution in [3.05, 3.63) is 95.7 Å². The van der Waals surface area contributed by atoms with E-state index < -0.39 is 110 Å². The highest BCUT2D eigenvalue weighted by atomic mass is 32.2. The summed E-state index contributed by atoms with van der Waals surface area (Å²) in [6.45, 7) is 8.34. The smallest absolute Gasteiger partial charge is 0.309 e. The highest BCUT2D eigenvalue weighted by molar-refractivity contribution is 7.87. The molecule has 3 aliphatic rings. The lowest BCUT2D eigenvalue weighted by atomic mass is 9.75. The number of ether oxygens (including phenoxy) is 8. The molecule has 7 rings (SSSR count). The van der Waals surface area contributed by atoms with Crippen LogP contribution in [0.15, 0.2) is 104 Å². The number of hydrogen-bond donors (Lipinski definition) is 5. The van der Waals surface area contributed by atoms with Gasteiger partial charge in [0.15, 0.2) is 23.8 Å². The molecule has 2 heterocycles. The van der Waals surface area contributed by atoms with Crippen molar-refractivity contribution in [2.75, 3.05) is 117 Å². The minimum absolute atomic E-state index is 0.00927. The molecule has 0 spiro atoms. The van der Waals surface area contributed by atoms with Gasteiger partial charge in [-0.1, -0.05) is 24.3 Å². The summed E-state index contributed by atoms with van der Waals surface area (Å²) in [5, 5.41) is -0.0577. The molecule has 4 aromatic rings. The van der Waals surface area contributed by atoms with Crippen molar-refractivity contribution in [1.29, 1.82) is 0 Å². The van der Waals surface area contributed by atoms with E-state index in [4.69, 9.17) is 37.9 Å². The first-order valence-corrected chi connectivity index (χ1v) is 35.8. The predicted molar refractivity (Wildman–Crippen MR) is 327 cm³/mol. The number of esters is 1. The van der Waals surface area contributed by atoms with Gasteiger partial charge in [0.2, 0.25) is 11.8 Å². The SMILES string of the molecule is COCCN1C(=CC=CC=CC2=[N+](CCOCCOCCOCCOCCOCCOCCC(=O)OC3C(=O)CCC3=O)c3ccc4c(S(=O)(=O)O)cc(S(=O)(=O)O)cc4c3C2(C)C)C(C)(CCCS(=O)(=O)O)c2c1ccc1c(S(=O)(=O)O)cc(S(=O)(=O)O)cc21. The van der Waals surface area contributed by atoms with Crippen molar-refractivity contribution in [3.8, 4) is 0 Å². The normalized spacial score (nSPS) is 17.9. The molecule has 0 saturated heterocycles. The number of methoxy groups -OCH3 is 1. The molecule has 91 heavy (non-hydrogen) atoms. The molecular formula is C58H73N2O26S5+. The molecular weight excluding hydrogens is 1300 g/mol. The first-order chi connectivity index (χ1) is 42.7. The van der Waals surface area contributed by atoms with Gasteiger partial charge in [-0.3, -0.25) is 37.1 Å². The molecule has 1 aliphatic carbocycles. The van der Waals surface area contributed by atoms with Gasteiger partial charge in [-0.2, -0.15) is 46.7 Å². The van der Waals surface area contributed by atoms with Crippen LogP contribution >= 0.6 is 0 Å². The van der Waals surface area contributed by atoms with Crippen LogP contribution in [-0.2, 0) is 114 Å². The lowest BCUT2D eigenvalue weighted by Gasteiger charge is -2.30. The number of ketones is 2. The summed E-state index contributed by atoms with van der Waals surface area (Å²) in [4.78, 5) is 33.7. The molecule has 2 aliphatic heterocycles. The van der Waals surface area contributed by atoms with Crippen molar-refractivity contribution >= 4 is 107 Å². The summed E-state index contributed by atoms with van der Waals surface area (Å²) in [6.07, 6.45) is 6.95. The summed E-state index contributed by atoms with van der Waals surface area (Å²) >= 11 is 0. The second-order valence-electron chi connectivity index (χ2n) is 21.9. The maximum atomic E-state index is 12.8. The maximum absolute atomic E-state index is 12.8. The molecule has 0 aromatic heterocycles. The van der Waals surface area contributed by atoms with Gasteiger partial charge in [0.05, 0.1) is 107 Å². The van der Waals surface area contributed by atoms with Crippen molar-refractivity contribution in [2.45, 2.75) is 89.4 Å². The lowest BCUT2D eigenvalue weighted by molar-refractivity contribution is -0.442. The zero-order valence-electron chi connectivity index (χ0n) is 50.2. The second-order valence-corrected chi connectivity index (χ2v) is 29.1. The Balaban J connectivity index is 1.04. The van der Waals surface area contributed by atoms with E-state index in [1.807, 2.05) is 4.58 Å². The van der Waals surface area contributed by atoms with E-state index in [0.717, 1.165) is 12.1 Å². The molecule has 1 saturated carbocycles. The van der Waals surface area contributed by atoms with Crippen LogP contribution in [0.2, 0.25) is 0 Å². The molecule has 1 atom stereocenters. The number of Topliss-reactive ketones (excluding diaryl/α,β-unsaturated/α-hetero) is 2. The van der Waals surface area contributed by atoms with Crippen LogP contribution in [0.4, 0.5) is 11.4 Å². The second kappa shape index (κ2) is 30.5. The maximum Gasteiger partial charge on any atom is 0.309 e. The Morgan fingerprint density at radius 3 is 1.56 bits per heavy atom. The average molecular weight is 1370 g/mol. The van der Waals surface area contributed by atoms with Crippen LogP contribution < -0.4 is 4.90 Å². The number of allylic oxidation sites excluding steroid dienone is 6. The number of benzene rings is 4. The van der Waals surface area contributed by atoms with Crippen molar-refractivity contribution in [3.63, 3.8) is 0 Å². The van der Waals surface area contributed by atoms with Crippen LogP contribution in [0.3, 0.4) is 0 Å². The van der Waals surface area contributed by atoms with Gasteiger partial charge in [-0.05, 0) is 92.4 Å². The van der Waals surface area contributed by atoms with Gasteiger partial charge in [0.1, 0.15) is 16.4 Å². The van der Waals surface area contributed by atoms with E-state index in [-0.39, 0.29) is 139 Å². The van der Waals surface area contributed by atoms with E-state index in [1.165, 1.54) is 19.2 Å². The molecule has 1 unspecified atom stereocenters. The largest absolute Gasteiger partial charge is 0.446 e. The number of anilines is 1. The van der Waals surface area contributed by atoms with Gasteiger partial charge in [0.25, 0.3) is 50.6 Å². The highest BCUT2D eigenvalue weighted by Crippen LogP contribution is 2.54. The molecule has 4 aromatic carbocycles. The number of fused-ring (bicyclic) bond motifs is 6. The molecule has 1 fully saturated rings. The van der Waals surface area contributed by atoms with Crippen LogP contribution in [-0.4, -0.2) is 211 Å². The Kier molecular flexibility index (Phi) is 24.3. The molecule has 28 nitrogen and oxygen atoms in total. The monoisotopic (exact) mass is 1370 g/mol. The number of carbonyl (C=O) groups is 3. The van der Waals surface area contributed by atoms with Crippen molar-refractivity contribution in [2.24, 2.45) is 0 Å². The number of nitrogens with zero attached hydrogens (tertiary/aromatic N) is 2. The van der Waals surface area contributed by atoms with Crippen LogP contribution in [0.1, 0.15) is 64.0 Å². The fourth-order valence-corrected chi connectivity index (χ4v) is 14.5. The van der Waals surface area contributed by atoms with E-state index >= 15 is 0 Å². The molecule has 0 radical (unpaired) electrons. The minimum Gasteiger partial charge on any atom is -0.446 e. The molecule has 33 heteroatoms. The van der Waals surface area contributed by atoms with Crippen LogP contribution in [0, 0.1) is 0 Å². The molecule has 0 amide bonds. The molecule has 500 valence electrons. The van der Waals surface area contributed by atoms with Crippen LogP contribution in [0.25, 0.3) is 21.5 Å². The summed E-state index contributed by atoms with van der Waals surface area (Å²) in [6, 6.07) is 9.39. The Labute approximate surface area is 527 Å². The summed E-state index contributed by atoms with van der Waals surface area (Å²) < 4.78 is 222. The zero-order valence-corrected chi connectivity index (χ0v) is 54.3. The van der Waals surface area contributed by atoms with E-state index in [1.54, 1.807) is 68.2 Å². The fraction of sp³-hybridized carbons (Fsp3) is 0.483. The Hall–Kier alpha value is -5.83. The summed E-state index contributed by atoms with van der Waals surface area (Å²) in [5.41, 5.74) is 0.357. The van der Waals surface area contributed by atoms with Crippen LogP contribution in [0.5, 0.6) is 0 Å². The van der Waals surface area contributed by atoms with Gasteiger partial charge in [-0.25, -0.2) is 0 Å². The van der Waals surface area contributed by atoms with E-state index in [9.17, 15) is 79.2 Å². The molecule has 0 bridgehead atoms. The average Bonchev–Trinajstić information content (AvgIpc) is 1.65. The lowest BCUT2D eigenvalue weighted by Crippen LogP contribution is -2.31.